The smallest absolute Gasteiger partial charge is 0.411 e. The summed E-state index contributed by atoms with van der Waals surface area (Å²) in [5.74, 6) is 0. The van der Waals surface area contributed by atoms with E-state index in [9.17, 15) is 19.5 Å². The van der Waals surface area contributed by atoms with E-state index in [1.165, 1.54) is 0 Å². The third-order valence-electron chi connectivity index (χ3n) is 2.46. The molecule has 0 radical (unpaired) electrons. The van der Waals surface area contributed by atoms with Crippen LogP contribution >= 0.6 is 0 Å². The van der Waals surface area contributed by atoms with Gasteiger partial charge in [-0.15, -0.1) is 0 Å². The van der Waals surface area contributed by atoms with Crippen LogP contribution in [0, 0.1) is 0 Å². The van der Waals surface area contributed by atoms with Crippen molar-refractivity contribution in [3.8, 4) is 0 Å². The van der Waals surface area contributed by atoms with Crippen LogP contribution in [0.25, 0.3) is 0 Å². The van der Waals surface area contributed by atoms with E-state index in [4.69, 9.17) is 4.74 Å². The first-order valence-electron chi connectivity index (χ1n) is 5.40. The molecule has 3 atom stereocenters. The fourth-order valence-corrected chi connectivity index (χ4v) is 1.76. The molecule has 0 spiro atoms. The lowest BCUT2D eigenvalue weighted by atomic mass is 10.2. The summed E-state index contributed by atoms with van der Waals surface area (Å²) in [5, 5.41) is 9.57. The number of aliphatic hydroxyl groups is 1. The first kappa shape index (κ1) is 13.6. The highest BCUT2D eigenvalue weighted by molar-refractivity contribution is 5.80. The van der Waals surface area contributed by atoms with Crippen molar-refractivity contribution in [1.29, 1.82) is 0 Å². The highest BCUT2D eigenvalue weighted by atomic mass is 16.6. The molecule has 0 aromatic heterocycles. The Labute approximate surface area is 99.5 Å². The van der Waals surface area contributed by atoms with Gasteiger partial charge in [-0.2, -0.15) is 0 Å². The molecule has 0 aliphatic carbocycles. The number of carbonyl (C=O) groups is 3. The summed E-state index contributed by atoms with van der Waals surface area (Å²) in [7, 11) is 0. The largest absolute Gasteiger partial charge is 0.444 e. The van der Waals surface area contributed by atoms with Gasteiger partial charge < -0.3 is 19.4 Å². The van der Waals surface area contributed by atoms with E-state index in [0.717, 1.165) is 4.90 Å². The van der Waals surface area contributed by atoms with Crippen LogP contribution in [0.15, 0.2) is 0 Å². The molecule has 0 bridgehead atoms. The van der Waals surface area contributed by atoms with E-state index >= 15 is 0 Å². The van der Waals surface area contributed by atoms with Crippen LogP contribution in [0.4, 0.5) is 4.79 Å². The van der Waals surface area contributed by atoms with Crippen molar-refractivity contribution in [2.75, 3.05) is 0 Å². The van der Waals surface area contributed by atoms with E-state index < -0.39 is 29.9 Å². The molecule has 1 saturated heterocycles. The summed E-state index contributed by atoms with van der Waals surface area (Å²) in [5.41, 5.74) is -0.717. The summed E-state index contributed by atoms with van der Waals surface area (Å²) in [6, 6.07) is -1.82. The van der Waals surface area contributed by atoms with Gasteiger partial charge >= 0.3 is 6.09 Å². The zero-order valence-corrected chi connectivity index (χ0v) is 10.1. The van der Waals surface area contributed by atoms with E-state index in [0.29, 0.717) is 12.6 Å². The monoisotopic (exact) mass is 243 g/mol. The Hall–Kier alpha value is -1.43. The number of likely N-dealkylation sites (tertiary alicyclic amines) is 1. The summed E-state index contributed by atoms with van der Waals surface area (Å²) in [6.07, 6.45) is -0.723. The molecule has 0 aromatic carbocycles. The van der Waals surface area contributed by atoms with Gasteiger partial charge in [0.1, 0.15) is 24.2 Å². The molecule has 1 rings (SSSR count). The van der Waals surface area contributed by atoms with Gasteiger partial charge in [0.15, 0.2) is 0 Å². The third kappa shape index (κ3) is 3.03. The Balaban J connectivity index is 2.87. The zero-order chi connectivity index (χ0) is 13.2. The second-order valence-electron chi connectivity index (χ2n) is 5.02. The number of aliphatic hydroxyl groups excluding tert-OH is 1. The molecule has 1 amide bonds. The highest BCUT2D eigenvalue weighted by Gasteiger charge is 2.44. The van der Waals surface area contributed by atoms with E-state index in [-0.39, 0.29) is 6.42 Å². The maximum Gasteiger partial charge on any atom is 0.411 e. The van der Waals surface area contributed by atoms with Crippen LogP contribution in [0.2, 0.25) is 0 Å². The van der Waals surface area contributed by atoms with Crippen molar-refractivity contribution < 1.29 is 24.2 Å². The Morgan fingerprint density at radius 3 is 2.35 bits per heavy atom. The molecule has 1 fully saturated rings. The fraction of sp³-hybridized carbons (Fsp3) is 0.727. The molecule has 6 heteroatoms. The summed E-state index contributed by atoms with van der Waals surface area (Å²) in [4.78, 5) is 34.5. The molecule has 6 nitrogen and oxygen atoms in total. The van der Waals surface area contributed by atoms with Crippen LogP contribution in [-0.2, 0) is 14.3 Å². The molecule has 96 valence electrons. The molecule has 0 aromatic rings. The average molecular weight is 243 g/mol. The van der Waals surface area contributed by atoms with Crippen LogP contribution in [0.1, 0.15) is 27.2 Å². The van der Waals surface area contributed by atoms with E-state index in [2.05, 4.69) is 0 Å². The number of hydrogen-bond donors (Lipinski definition) is 1. The topological polar surface area (TPSA) is 83.9 Å². The van der Waals surface area contributed by atoms with Gasteiger partial charge in [-0.25, -0.2) is 4.79 Å². The predicted molar refractivity (Wildman–Crippen MR) is 58.4 cm³/mol. The average Bonchev–Trinajstić information content (AvgIpc) is 2.51. The molecular formula is C11H17NO5. The molecule has 1 aliphatic heterocycles. The van der Waals surface area contributed by atoms with Crippen molar-refractivity contribution in [2.24, 2.45) is 0 Å². The maximum absolute atomic E-state index is 11.8. The standard InChI is InChI=1S/C11H17NO5/c1-11(2,3)17-10(16)12-7(5-13)4-9(15)8(12)6-14/h5-9,15H,4H2,1-3H3/t7?,8?,9-/m0/s1. The van der Waals surface area contributed by atoms with Crippen LogP contribution in [0.3, 0.4) is 0 Å². The number of ether oxygens (including phenoxy) is 1. The van der Waals surface area contributed by atoms with Crippen molar-refractivity contribution in [2.45, 2.75) is 51.0 Å². The summed E-state index contributed by atoms with van der Waals surface area (Å²) in [6.45, 7) is 5.05. The Kier molecular flexibility index (Phi) is 3.87. The second-order valence-corrected chi connectivity index (χ2v) is 5.02. The van der Waals surface area contributed by atoms with Crippen molar-refractivity contribution >= 4 is 18.7 Å². The molecule has 0 saturated carbocycles. The molecule has 1 aliphatic rings. The van der Waals surface area contributed by atoms with Gasteiger partial charge in [0.05, 0.1) is 12.1 Å². The number of hydrogen-bond acceptors (Lipinski definition) is 5. The first-order valence-corrected chi connectivity index (χ1v) is 5.40. The summed E-state index contributed by atoms with van der Waals surface area (Å²) < 4.78 is 5.09. The van der Waals surface area contributed by atoms with Crippen LogP contribution in [-0.4, -0.2) is 52.5 Å². The number of carbonyl (C=O) groups excluding carboxylic acids is 3. The number of amides is 1. The van der Waals surface area contributed by atoms with Crippen molar-refractivity contribution in [1.82, 2.24) is 4.90 Å². The lowest BCUT2D eigenvalue weighted by Crippen LogP contribution is -2.47. The Bertz CT molecular complexity index is 322. The molecule has 1 N–H and O–H groups in total. The minimum Gasteiger partial charge on any atom is -0.444 e. The highest BCUT2D eigenvalue weighted by Crippen LogP contribution is 2.24. The minimum absolute atomic E-state index is 0.0617. The predicted octanol–water partition coefficient (Wildman–Crippen LogP) is 0.123. The maximum atomic E-state index is 11.8. The second kappa shape index (κ2) is 4.83. The van der Waals surface area contributed by atoms with Crippen LogP contribution < -0.4 is 0 Å². The van der Waals surface area contributed by atoms with Crippen molar-refractivity contribution in [3.05, 3.63) is 0 Å². The fourth-order valence-electron chi connectivity index (χ4n) is 1.76. The van der Waals surface area contributed by atoms with Gasteiger partial charge in [0.2, 0.25) is 0 Å². The third-order valence-corrected chi connectivity index (χ3v) is 2.46. The lowest BCUT2D eigenvalue weighted by Gasteiger charge is -2.28. The number of aldehydes is 2. The minimum atomic E-state index is -1.02. The number of nitrogens with zero attached hydrogens (tertiary/aromatic N) is 1. The quantitative estimate of drug-likeness (QED) is 0.696. The van der Waals surface area contributed by atoms with Gasteiger partial charge in [-0.3, -0.25) is 4.90 Å². The normalized spacial score (nSPS) is 28.9. The Morgan fingerprint density at radius 2 is 1.94 bits per heavy atom. The van der Waals surface area contributed by atoms with Crippen LogP contribution in [0.5, 0.6) is 0 Å². The molecular weight excluding hydrogens is 226 g/mol. The first-order chi connectivity index (χ1) is 7.80. The van der Waals surface area contributed by atoms with Crippen molar-refractivity contribution in [3.63, 3.8) is 0 Å². The van der Waals surface area contributed by atoms with E-state index in [1.54, 1.807) is 20.8 Å². The van der Waals surface area contributed by atoms with Gasteiger partial charge in [0.25, 0.3) is 0 Å². The van der Waals surface area contributed by atoms with Gasteiger partial charge in [0, 0.05) is 6.42 Å². The molecule has 17 heavy (non-hydrogen) atoms. The van der Waals surface area contributed by atoms with Gasteiger partial charge in [-0.05, 0) is 20.8 Å². The van der Waals surface area contributed by atoms with E-state index in [1.807, 2.05) is 0 Å². The Morgan fingerprint density at radius 1 is 1.35 bits per heavy atom. The molecule has 2 unspecified atom stereocenters. The zero-order valence-electron chi connectivity index (χ0n) is 10.1. The summed E-state index contributed by atoms with van der Waals surface area (Å²) >= 11 is 0. The lowest BCUT2D eigenvalue weighted by molar-refractivity contribution is -0.116. The SMILES string of the molecule is CC(C)(C)OC(=O)N1C(C=O)C[C@H](O)C1C=O. The molecule has 1 heterocycles. The van der Waals surface area contributed by atoms with Gasteiger partial charge in [-0.1, -0.05) is 0 Å². The number of rotatable bonds is 2.